The van der Waals surface area contributed by atoms with Gasteiger partial charge in [-0.1, -0.05) is 18.2 Å². The van der Waals surface area contributed by atoms with Crippen LogP contribution in [0.4, 0.5) is 0 Å². The van der Waals surface area contributed by atoms with Crippen molar-refractivity contribution >= 4 is 24.2 Å². The first-order chi connectivity index (χ1) is 5.47. The van der Waals surface area contributed by atoms with Crippen molar-refractivity contribution in [2.75, 3.05) is 0 Å². The van der Waals surface area contributed by atoms with E-state index in [1.54, 1.807) is 11.9 Å². The van der Waals surface area contributed by atoms with Gasteiger partial charge >= 0.3 is 0 Å². The average Bonchev–Trinajstić information content (AvgIpc) is 2.28. The van der Waals surface area contributed by atoms with Gasteiger partial charge in [-0.2, -0.15) is 4.40 Å². The van der Waals surface area contributed by atoms with Crippen molar-refractivity contribution in [3.8, 4) is 0 Å². The maximum Gasteiger partial charge on any atom is 0.195 e. The van der Waals surface area contributed by atoms with Gasteiger partial charge < -0.3 is 0 Å². The molecule has 0 aromatic heterocycles. The second-order valence-electron chi connectivity index (χ2n) is 2.28. The predicted octanol–water partition coefficient (Wildman–Crippen LogP) is 0.872. The Balaban J connectivity index is 2.52. The summed E-state index contributed by atoms with van der Waals surface area (Å²) in [6.45, 7) is 0. The maximum atomic E-state index is 3.11. The molecule has 1 aliphatic rings. The molecule has 0 amide bonds. The summed E-state index contributed by atoms with van der Waals surface area (Å²) in [6, 6.07) is 8.32. The average molecular weight is 162 g/mol. The standard InChI is InChI=1S/C9H7NS/c1-2-6-9-8(4-1)5-3-7-10-11-9/h1-7H/p+1. The Hall–Kier alpha value is -1.02. The van der Waals surface area contributed by atoms with Crippen LogP contribution in [0.2, 0.25) is 0 Å². The van der Waals surface area contributed by atoms with Gasteiger partial charge in [0.25, 0.3) is 0 Å². The van der Waals surface area contributed by atoms with E-state index in [-0.39, 0.29) is 0 Å². The predicted molar refractivity (Wildman–Crippen MR) is 48.4 cm³/mol. The van der Waals surface area contributed by atoms with Gasteiger partial charge in [0.05, 0.1) is 4.90 Å². The van der Waals surface area contributed by atoms with E-state index in [9.17, 15) is 0 Å². The Bertz CT molecular complexity index is 315. The molecular formula is C9H8NS+. The highest BCUT2D eigenvalue weighted by Gasteiger charge is 2.03. The molecule has 54 valence electrons. The van der Waals surface area contributed by atoms with Crippen LogP contribution in [0.15, 0.2) is 35.2 Å². The van der Waals surface area contributed by atoms with E-state index in [0.717, 1.165) is 0 Å². The molecule has 0 bridgehead atoms. The Kier molecular flexibility index (Phi) is 1.78. The Labute approximate surface area is 70.0 Å². The zero-order valence-electron chi connectivity index (χ0n) is 5.95. The SMILES string of the molecule is C1=Cc2ccccc2S[NH+]=C1. The minimum Gasteiger partial charge on any atom is -0.175 e. The number of benzene rings is 1. The van der Waals surface area contributed by atoms with E-state index in [0.29, 0.717) is 0 Å². The second-order valence-corrected chi connectivity index (χ2v) is 3.16. The lowest BCUT2D eigenvalue weighted by Crippen LogP contribution is -2.57. The van der Waals surface area contributed by atoms with Gasteiger partial charge in [0, 0.05) is 6.08 Å². The first-order valence-corrected chi connectivity index (χ1v) is 4.30. The minimum absolute atomic E-state index is 1.28. The lowest BCUT2D eigenvalue weighted by atomic mass is 10.2. The van der Waals surface area contributed by atoms with Crippen molar-refractivity contribution in [1.82, 2.24) is 0 Å². The van der Waals surface area contributed by atoms with E-state index < -0.39 is 0 Å². The Morgan fingerprint density at radius 1 is 1.18 bits per heavy atom. The quantitative estimate of drug-likeness (QED) is 0.559. The molecule has 0 spiro atoms. The van der Waals surface area contributed by atoms with Crippen molar-refractivity contribution in [3.05, 3.63) is 35.9 Å². The monoisotopic (exact) mass is 162 g/mol. The molecule has 1 aromatic carbocycles. The van der Waals surface area contributed by atoms with Crippen LogP contribution >= 0.6 is 11.9 Å². The summed E-state index contributed by atoms with van der Waals surface area (Å²) >= 11 is 1.64. The third kappa shape index (κ3) is 1.35. The highest BCUT2D eigenvalue weighted by molar-refractivity contribution is 7.92. The number of hydrogen-bond acceptors (Lipinski definition) is 1. The van der Waals surface area contributed by atoms with Crippen LogP contribution in [0.1, 0.15) is 5.56 Å². The largest absolute Gasteiger partial charge is 0.195 e. The molecule has 0 saturated heterocycles. The number of fused-ring (bicyclic) bond motifs is 1. The van der Waals surface area contributed by atoms with Crippen LogP contribution in [0, 0.1) is 0 Å². The Morgan fingerprint density at radius 2 is 2.09 bits per heavy atom. The first-order valence-electron chi connectivity index (χ1n) is 3.48. The molecule has 2 heteroatoms. The van der Waals surface area contributed by atoms with Gasteiger partial charge in [-0.05, 0) is 17.7 Å². The van der Waals surface area contributed by atoms with Crippen molar-refractivity contribution in [2.45, 2.75) is 4.90 Å². The Morgan fingerprint density at radius 3 is 3.09 bits per heavy atom. The first kappa shape index (κ1) is 6.68. The smallest absolute Gasteiger partial charge is 0.175 e. The van der Waals surface area contributed by atoms with Gasteiger partial charge in [-0.25, -0.2) is 0 Å². The van der Waals surface area contributed by atoms with Crippen LogP contribution in [-0.2, 0) is 0 Å². The van der Waals surface area contributed by atoms with Gasteiger partial charge in [0.15, 0.2) is 18.2 Å². The zero-order valence-corrected chi connectivity index (χ0v) is 6.77. The van der Waals surface area contributed by atoms with Gasteiger partial charge in [0.2, 0.25) is 0 Å². The van der Waals surface area contributed by atoms with Crippen molar-refractivity contribution < 1.29 is 4.40 Å². The lowest BCUT2D eigenvalue weighted by molar-refractivity contribution is -0.235. The molecule has 1 aromatic rings. The van der Waals surface area contributed by atoms with E-state index in [2.05, 4.69) is 28.7 Å². The normalized spacial score (nSPS) is 14.2. The molecule has 0 aliphatic carbocycles. The van der Waals surface area contributed by atoms with E-state index in [4.69, 9.17) is 0 Å². The van der Waals surface area contributed by atoms with Gasteiger partial charge in [0.1, 0.15) is 0 Å². The molecule has 1 N–H and O–H groups in total. The van der Waals surface area contributed by atoms with Crippen LogP contribution in [0.3, 0.4) is 0 Å². The van der Waals surface area contributed by atoms with Gasteiger partial charge in [-0.15, -0.1) is 0 Å². The fourth-order valence-corrected chi connectivity index (χ4v) is 1.67. The van der Waals surface area contributed by atoms with Crippen LogP contribution in [0.5, 0.6) is 0 Å². The fraction of sp³-hybridized carbons (Fsp3) is 0. The number of rotatable bonds is 0. The number of hydrogen-bond donors (Lipinski definition) is 1. The molecule has 2 rings (SSSR count). The van der Waals surface area contributed by atoms with Crippen LogP contribution < -0.4 is 4.40 Å². The summed E-state index contributed by atoms with van der Waals surface area (Å²) in [6.07, 6.45) is 6.05. The molecule has 11 heavy (non-hydrogen) atoms. The van der Waals surface area contributed by atoms with Crippen molar-refractivity contribution in [1.29, 1.82) is 0 Å². The molecule has 0 radical (unpaired) electrons. The minimum atomic E-state index is 1.28. The summed E-state index contributed by atoms with van der Waals surface area (Å²) in [5.74, 6) is 0. The molecule has 0 saturated carbocycles. The summed E-state index contributed by atoms with van der Waals surface area (Å²) in [5, 5.41) is 0. The van der Waals surface area contributed by atoms with E-state index >= 15 is 0 Å². The molecule has 0 atom stereocenters. The zero-order chi connectivity index (χ0) is 7.52. The summed E-state index contributed by atoms with van der Waals surface area (Å²) < 4.78 is 3.11. The molecule has 1 aliphatic heterocycles. The van der Waals surface area contributed by atoms with Gasteiger partial charge in [-0.3, -0.25) is 0 Å². The van der Waals surface area contributed by atoms with Crippen molar-refractivity contribution in [3.63, 3.8) is 0 Å². The molecule has 0 fully saturated rings. The molecule has 1 nitrogen and oxygen atoms in total. The van der Waals surface area contributed by atoms with Crippen molar-refractivity contribution in [2.24, 2.45) is 0 Å². The third-order valence-electron chi connectivity index (χ3n) is 1.53. The molecule has 0 unspecified atom stereocenters. The lowest BCUT2D eigenvalue weighted by Gasteiger charge is -1.93. The van der Waals surface area contributed by atoms with E-state index in [1.165, 1.54) is 10.5 Å². The highest BCUT2D eigenvalue weighted by atomic mass is 32.2. The molecular weight excluding hydrogens is 154 g/mol. The fourth-order valence-electron chi connectivity index (χ4n) is 1.000. The number of nitrogens with one attached hydrogen (secondary N) is 1. The topological polar surface area (TPSA) is 14.0 Å². The third-order valence-corrected chi connectivity index (χ3v) is 2.37. The summed E-state index contributed by atoms with van der Waals surface area (Å²) in [7, 11) is 0. The van der Waals surface area contributed by atoms with E-state index in [1.807, 2.05) is 18.4 Å². The second kappa shape index (κ2) is 2.93. The maximum absolute atomic E-state index is 3.11. The summed E-state index contributed by atoms with van der Waals surface area (Å²) in [4.78, 5) is 1.28. The number of allylic oxidation sites excluding steroid dienone is 1. The van der Waals surface area contributed by atoms with Crippen LogP contribution in [0.25, 0.3) is 6.08 Å². The highest BCUT2D eigenvalue weighted by Crippen LogP contribution is 2.18. The molecule has 1 heterocycles. The summed E-state index contributed by atoms with van der Waals surface area (Å²) in [5.41, 5.74) is 1.28. The van der Waals surface area contributed by atoms with Crippen LogP contribution in [-0.4, -0.2) is 6.21 Å².